The van der Waals surface area contributed by atoms with Crippen molar-refractivity contribution in [3.8, 4) is 11.5 Å². The van der Waals surface area contributed by atoms with Gasteiger partial charge in [0.2, 0.25) is 5.96 Å². The van der Waals surface area contributed by atoms with Crippen LogP contribution in [0.4, 0.5) is 11.4 Å². The van der Waals surface area contributed by atoms with Gasteiger partial charge >= 0.3 is 0 Å². The van der Waals surface area contributed by atoms with E-state index >= 15 is 0 Å². The Kier molecular flexibility index (Phi) is 6.96. The minimum Gasteiger partial charge on any atom is -0.456 e. The number of nitrogens with zero attached hydrogens (tertiary/aromatic N) is 4. The van der Waals surface area contributed by atoms with Gasteiger partial charge in [-0.15, -0.1) is 0 Å². The number of carbonyl (C=O) groups is 1. The first-order valence-electron chi connectivity index (χ1n) is 13.6. The standard InChI is InChI=1S/C30H37N7O2/c1-5-35(6-2)19-13-15-23-25(17-19)39-26-18-20(36(7-3)8-4)14-16-24(26)30(23)22-12-10-9-11-21(22)27(38)37(30)29(33)34-28(31)32/h9-18,28H,5-8,31-32H2,1-4H3,(H2,33,34). The van der Waals surface area contributed by atoms with E-state index in [2.05, 4.69) is 54.6 Å². The maximum Gasteiger partial charge on any atom is 0.262 e. The second-order valence-corrected chi connectivity index (χ2v) is 9.68. The number of anilines is 2. The summed E-state index contributed by atoms with van der Waals surface area (Å²) in [6, 6.07) is 19.9. The summed E-state index contributed by atoms with van der Waals surface area (Å²) in [4.78, 5) is 24.3. The molecule has 0 saturated carbocycles. The van der Waals surface area contributed by atoms with E-state index < -0.39 is 11.8 Å². The first-order chi connectivity index (χ1) is 18.8. The van der Waals surface area contributed by atoms with E-state index in [9.17, 15) is 4.79 Å². The average molecular weight is 528 g/mol. The van der Waals surface area contributed by atoms with Crippen LogP contribution in [0.1, 0.15) is 54.7 Å². The zero-order valence-electron chi connectivity index (χ0n) is 23.0. The SMILES string of the molecule is CCN(CC)c1ccc2c(c1)Oc1cc(N(CC)CC)ccc1C21c2ccccc2C(=O)N1C(N)=NC(N)N. The molecule has 0 aromatic heterocycles. The Morgan fingerprint density at radius 1 is 0.846 bits per heavy atom. The van der Waals surface area contributed by atoms with Crippen LogP contribution >= 0.6 is 0 Å². The first kappa shape index (κ1) is 26.5. The lowest BCUT2D eigenvalue weighted by Crippen LogP contribution is -2.54. The van der Waals surface area contributed by atoms with Crippen LogP contribution in [0.3, 0.4) is 0 Å². The third-order valence-corrected chi connectivity index (χ3v) is 7.78. The molecule has 0 atom stereocenters. The van der Waals surface area contributed by atoms with Crippen molar-refractivity contribution in [2.24, 2.45) is 22.2 Å². The molecule has 9 heteroatoms. The van der Waals surface area contributed by atoms with E-state index in [0.717, 1.165) is 54.2 Å². The van der Waals surface area contributed by atoms with Gasteiger partial charge in [-0.25, -0.2) is 4.99 Å². The lowest BCUT2D eigenvalue weighted by Gasteiger charge is -2.44. The highest BCUT2D eigenvalue weighted by atomic mass is 16.5. The van der Waals surface area contributed by atoms with E-state index in [-0.39, 0.29) is 11.9 Å². The number of hydrogen-bond acceptors (Lipinski definition) is 7. The Morgan fingerprint density at radius 3 is 1.85 bits per heavy atom. The topological polar surface area (TPSA) is 126 Å². The minimum atomic E-state index is -1.12. The Bertz CT molecular complexity index is 1370. The Morgan fingerprint density at radius 2 is 1.36 bits per heavy atom. The van der Waals surface area contributed by atoms with Gasteiger partial charge in [-0.1, -0.05) is 30.3 Å². The highest BCUT2D eigenvalue weighted by Crippen LogP contribution is 2.58. The molecule has 2 heterocycles. The van der Waals surface area contributed by atoms with Crippen molar-refractivity contribution < 1.29 is 9.53 Å². The van der Waals surface area contributed by atoms with Crippen LogP contribution in [0.25, 0.3) is 0 Å². The van der Waals surface area contributed by atoms with Gasteiger partial charge in [-0.05, 0) is 45.9 Å². The maximum atomic E-state index is 14.1. The first-order valence-corrected chi connectivity index (χ1v) is 13.6. The number of carbonyl (C=O) groups excluding carboxylic acids is 1. The van der Waals surface area contributed by atoms with Gasteiger partial charge in [0.15, 0.2) is 6.29 Å². The van der Waals surface area contributed by atoms with Gasteiger partial charge in [0.25, 0.3) is 5.91 Å². The highest BCUT2D eigenvalue weighted by Gasteiger charge is 2.57. The number of fused-ring (bicyclic) bond motifs is 6. The zero-order valence-corrected chi connectivity index (χ0v) is 23.0. The van der Waals surface area contributed by atoms with Gasteiger partial charge in [0, 0.05) is 71.9 Å². The Hall–Kier alpha value is -4.08. The van der Waals surface area contributed by atoms with Crippen molar-refractivity contribution >= 4 is 23.2 Å². The van der Waals surface area contributed by atoms with E-state index in [1.165, 1.54) is 4.90 Å². The lowest BCUT2D eigenvalue weighted by molar-refractivity contribution is 0.0802. The smallest absolute Gasteiger partial charge is 0.262 e. The van der Waals surface area contributed by atoms with E-state index in [0.29, 0.717) is 17.1 Å². The van der Waals surface area contributed by atoms with Crippen LogP contribution in [0.2, 0.25) is 0 Å². The fourth-order valence-corrected chi connectivity index (χ4v) is 6.02. The number of benzene rings is 3. The number of rotatable bonds is 7. The van der Waals surface area contributed by atoms with Crippen LogP contribution in [-0.2, 0) is 5.54 Å². The molecule has 9 nitrogen and oxygen atoms in total. The summed E-state index contributed by atoms with van der Waals surface area (Å²) >= 11 is 0. The normalized spacial score (nSPS) is 15.2. The van der Waals surface area contributed by atoms with E-state index in [1.807, 2.05) is 48.5 Å². The molecule has 0 fully saturated rings. The molecular weight excluding hydrogens is 490 g/mol. The van der Waals surface area contributed by atoms with E-state index in [4.69, 9.17) is 21.9 Å². The van der Waals surface area contributed by atoms with E-state index in [1.54, 1.807) is 0 Å². The summed E-state index contributed by atoms with van der Waals surface area (Å²) in [7, 11) is 0. The molecular formula is C30H37N7O2. The third kappa shape index (κ3) is 4.00. The van der Waals surface area contributed by atoms with Crippen LogP contribution in [0.5, 0.6) is 11.5 Å². The van der Waals surface area contributed by atoms with Crippen molar-refractivity contribution in [1.29, 1.82) is 0 Å². The molecule has 1 spiro atoms. The molecule has 6 N–H and O–H groups in total. The van der Waals surface area contributed by atoms with Gasteiger partial charge in [-0.3, -0.25) is 21.2 Å². The predicted molar refractivity (Wildman–Crippen MR) is 156 cm³/mol. The van der Waals surface area contributed by atoms with Gasteiger partial charge < -0.3 is 20.3 Å². The molecule has 39 heavy (non-hydrogen) atoms. The molecule has 2 aliphatic rings. The number of aliphatic imine (C=N–C) groups is 1. The maximum absolute atomic E-state index is 14.1. The second kappa shape index (κ2) is 10.2. The molecule has 3 aromatic rings. The zero-order chi connectivity index (χ0) is 27.9. The minimum absolute atomic E-state index is 0.0503. The molecule has 0 bridgehead atoms. The molecule has 1 amide bonds. The summed E-state index contributed by atoms with van der Waals surface area (Å²) in [5.41, 5.74) is 22.1. The van der Waals surface area contributed by atoms with Crippen molar-refractivity contribution in [1.82, 2.24) is 4.90 Å². The molecule has 2 aliphatic heterocycles. The Labute approximate surface area is 229 Å². The van der Waals surface area contributed by atoms with Gasteiger partial charge in [-0.2, -0.15) is 0 Å². The number of ether oxygens (including phenoxy) is 1. The summed E-state index contributed by atoms with van der Waals surface area (Å²) in [5, 5.41) is 0. The third-order valence-electron chi connectivity index (χ3n) is 7.78. The fraction of sp³-hybridized carbons (Fsp3) is 0.333. The molecule has 0 unspecified atom stereocenters. The van der Waals surface area contributed by atoms with Crippen LogP contribution in [0.15, 0.2) is 65.7 Å². The largest absolute Gasteiger partial charge is 0.456 e. The summed E-state index contributed by atoms with van der Waals surface area (Å²) < 4.78 is 6.66. The average Bonchev–Trinajstić information content (AvgIpc) is 3.18. The summed E-state index contributed by atoms with van der Waals surface area (Å²) in [6.07, 6.45) is -1.08. The number of amides is 1. The fourth-order valence-electron chi connectivity index (χ4n) is 6.02. The molecule has 0 saturated heterocycles. The lowest BCUT2D eigenvalue weighted by atomic mass is 9.74. The summed E-state index contributed by atoms with van der Waals surface area (Å²) in [5.74, 6) is 0.989. The monoisotopic (exact) mass is 527 g/mol. The molecule has 204 valence electrons. The molecule has 3 aromatic carbocycles. The molecule has 5 rings (SSSR count). The van der Waals surface area contributed by atoms with Crippen molar-refractivity contribution in [3.63, 3.8) is 0 Å². The van der Waals surface area contributed by atoms with Crippen LogP contribution < -0.4 is 31.7 Å². The predicted octanol–water partition coefficient (Wildman–Crippen LogP) is 3.75. The highest BCUT2D eigenvalue weighted by molar-refractivity contribution is 6.12. The molecule has 0 aliphatic carbocycles. The number of guanidine groups is 1. The molecule has 0 radical (unpaired) electrons. The Balaban J connectivity index is 1.87. The quantitative estimate of drug-likeness (QED) is 0.243. The van der Waals surface area contributed by atoms with Crippen LogP contribution in [-0.4, -0.2) is 49.2 Å². The second-order valence-electron chi connectivity index (χ2n) is 9.68. The van der Waals surface area contributed by atoms with Crippen molar-refractivity contribution in [2.75, 3.05) is 36.0 Å². The number of hydrogen-bond donors (Lipinski definition) is 3. The summed E-state index contributed by atoms with van der Waals surface area (Å²) in [6.45, 7) is 11.9. The van der Waals surface area contributed by atoms with Crippen LogP contribution in [0, 0.1) is 0 Å². The van der Waals surface area contributed by atoms with Crippen molar-refractivity contribution in [2.45, 2.75) is 39.5 Å². The van der Waals surface area contributed by atoms with Crippen molar-refractivity contribution in [3.05, 3.63) is 82.9 Å². The van der Waals surface area contributed by atoms with Gasteiger partial charge in [0.05, 0.1) is 0 Å². The number of nitrogens with two attached hydrogens (primary N) is 3. The van der Waals surface area contributed by atoms with Gasteiger partial charge in [0.1, 0.15) is 17.0 Å².